The van der Waals surface area contributed by atoms with Gasteiger partial charge in [0.05, 0.1) is 13.2 Å². The molecule has 0 spiro atoms. The molecule has 0 saturated heterocycles. The molecule has 0 fully saturated rings. The standard InChI is InChI=1S/C16H15NO3/c1-11-10-17-6-5-13(11)16(18)12-3-4-14-15(9-12)20-8-2-7-19-14/h3-6,9-10H,2,7-8H2,1H3. The van der Waals surface area contributed by atoms with Crippen molar-refractivity contribution in [3.8, 4) is 11.5 Å². The second-order valence-electron chi connectivity index (χ2n) is 4.73. The third-order valence-electron chi connectivity index (χ3n) is 3.27. The first-order valence-electron chi connectivity index (χ1n) is 6.60. The summed E-state index contributed by atoms with van der Waals surface area (Å²) in [4.78, 5) is 16.5. The van der Waals surface area contributed by atoms with Gasteiger partial charge in [0.2, 0.25) is 0 Å². The summed E-state index contributed by atoms with van der Waals surface area (Å²) < 4.78 is 11.2. The van der Waals surface area contributed by atoms with Gasteiger partial charge in [-0.2, -0.15) is 0 Å². The number of hydrogen-bond acceptors (Lipinski definition) is 4. The lowest BCUT2D eigenvalue weighted by molar-refractivity contribution is 0.103. The first-order valence-corrected chi connectivity index (χ1v) is 6.60. The minimum atomic E-state index is -0.0273. The van der Waals surface area contributed by atoms with E-state index < -0.39 is 0 Å². The molecular weight excluding hydrogens is 254 g/mol. The largest absolute Gasteiger partial charge is 0.490 e. The number of ketones is 1. The molecule has 1 aliphatic heterocycles. The van der Waals surface area contributed by atoms with Gasteiger partial charge in [0, 0.05) is 29.9 Å². The molecule has 0 N–H and O–H groups in total. The molecule has 0 bridgehead atoms. The molecule has 0 saturated carbocycles. The number of hydrogen-bond donors (Lipinski definition) is 0. The number of benzene rings is 1. The molecule has 4 heteroatoms. The van der Waals surface area contributed by atoms with Crippen molar-refractivity contribution < 1.29 is 14.3 Å². The van der Waals surface area contributed by atoms with Crippen molar-refractivity contribution in [3.05, 3.63) is 53.3 Å². The maximum Gasteiger partial charge on any atom is 0.193 e. The van der Waals surface area contributed by atoms with Crippen LogP contribution >= 0.6 is 0 Å². The van der Waals surface area contributed by atoms with Crippen LogP contribution in [0.4, 0.5) is 0 Å². The zero-order valence-electron chi connectivity index (χ0n) is 11.3. The number of pyridine rings is 1. The van der Waals surface area contributed by atoms with Crippen LogP contribution in [0.3, 0.4) is 0 Å². The minimum absolute atomic E-state index is 0.0273. The Morgan fingerprint density at radius 1 is 1.15 bits per heavy atom. The lowest BCUT2D eigenvalue weighted by Gasteiger charge is -2.09. The van der Waals surface area contributed by atoms with Gasteiger partial charge in [-0.25, -0.2) is 0 Å². The molecule has 3 rings (SSSR count). The highest BCUT2D eigenvalue weighted by atomic mass is 16.5. The number of aryl methyl sites for hydroxylation is 1. The highest BCUT2D eigenvalue weighted by molar-refractivity contribution is 6.10. The van der Waals surface area contributed by atoms with Crippen LogP contribution in [0.15, 0.2) is 36.7 Å². The van der Waals surface area contributed by atoms with E-state index in [9.17, 15) is 4.79 Å². The average Bonchev–Trinajstić information content (AvgIpc) is 2.71. The van der Waals surface area contributed by atoms with E-state index in [0.717, 1.165) is 12.0 Å². The molecule has 2 aromatic rings. The molecule has 20 heavy (non-hydrogen) atoms. The number of ether oxygens (including phenoxy) is 2. The Bertz CT molecular complexity index is 652. The zero-order valence-corrected chi connectivity index (χ0v) is 11.3. The summed E-state index contributed by atoms with van der Waals surface area (Å²) in [6.07, 6.45) is 4.17. The number of carbonyl (C=O) groups is 1. The van der Waals surface area contributed by atoms with Crippen LogP contribution < -0.4 is 9.47 Å². The van der Waals surface area contributed by atoms with Crippen LogP contribution in [-0.4, -0.2) is 24.0 Å². The number of rotatable bonds is 2. The summed E-state index contributed by atoms with van der Waals surface area (Å²) in [6, 6.07) is 7.06. The van der Waals surface area contributed by atoms with Gasteiger partial charge in [-0.05, 0) is 36.8 Å². The first kappa shape index (κ1) is 12.7. The molecule has 1 aromatic heterocycles. The topological polar surface area (TPSA) is 48.4 Å². The van der Waals surface area contributed by atoms with Crippen molar-refractivity contribution in [3.63, 3.8) is 0 Å². The van der Waals surface area contributed by atoms with Crippen molar-refractivity contribution in [2.45, 2.75) is 13.3 Å². The maximum absolute atomic E-state index is 12.5. The predicted molar refractivity (Wildman–Crippen MR) is 74.5 cm³/mol. The Morgan fingerprint density at radius 3 is 2.75 bits per heavy atom. The summed E-state index contributed by atoms with van der Waals surface area (Å²) >= 11 is 0. The van der Waals surface area contributed by atoms with Crippen molar-refractivity contribution in [2.75, 3.05) is 13.2 Å². The van der Waals surface area contributed by atoms with Crippen LogP contribution in [0.2, 0.25) is 0 Å². The Balaban J connectivity index is 1.97. The fraction of sp³-hybridized carbons (Fsp3) is 0.250. The van der Waals surface area contributed by atoms with E-state index in [2.05, 4.69) is 4.98 Å². The third kappa shape index (κ3) is 2.37. The van der Waals surface area contributed by atoms with Gasteiger partial charge in [0.1, 0.15) is 0 Å². The summed E-state index contributed by atoms with van der Waals surface area (Å²) in [7, 11) is 0. The van der Waals surface area contributed by atoms with Gasteiger partial charge in [-0.15, -0.1) is 0 Å². The van der Waals surface area contributed by atoms with Gasteiger partial charge < -0.3 is 9.47 Å². The van der Waals surface area contributed by atoms with Crippen molar-refractivity contribution in [1.82, 2.24) is 4.98 Å². The van der Waals surface area contributed by atoms with Crippen LogP contribution in [0, 0.1) is 6.92 Å². The van der Waals surface area contributed by atoms with Crippen LogP contribution in [-0.2, 0) is 0 Å². The first-order chi connectivity index (χ1) is 9.75. The quantitative estimate of drug-likeness (QED) is 0.787. The lowest BCUT2D eigenvalue weighted by atomic mass is 10.0. The summed E-state index contributed by atoms with van der Waals surface area (Å²) in [5, 5.41) is 0. The van der Waals surface area contributed by atoms with E-state index in [1.165, 1.54) is 0 Å². The highest BCUT2D eigenvalue weighted by Crippen LogP contribution is 2.31. The molecule has 4 nitrogen and oxygen atoms in total. The van der Waals surface area contributed by atoms with Gasteiger partial charge in [-0.1, -0.05) is 0 Å². The molecule has 0 unspecified atom stereocenters. The second-order valence-corrected chi connectivity index (χ2v) is 4.73. The zero-order chi connectivity index (χ0) is 13.9. The molecule has 0 radical (unpaired) electrons. The normalized spacial score (nSPS) is 13.7. The van der Waals surface area contributed by atoms with Gasteiger partial charge in [0.25, 0.3) is 0 Å². The number of carbonyl (C=O) groups excluding carboxylic acids is 1. The fourth-order valence-electron chi connectivity index (χ4n) is 2.19. The molecular formula is C16H15NO3. The van der Waals surface area contributed by atoms with E-state index in [1.807, 2.05) is 6.92 Å². The van der Waals surface area contributed by atoms with Crippen LogP contribution in [0.5, 0.6) is 11.5 Å². The van der Waals surface area contributed by atoms with E-state index in [-0.39, 0.29) is 5.78 Å². The average molecular weight is 269 g/mol. The third-order valence-corrected chi connectivity index (χ3v) is 3.27. The van der Waals surface area contributed by atoms with Crippen LogP contribution in [0.1, 0.15) is 27.9 Å². The Morgan fingerprint density at radius 2 is 1.95 bits per heavy atom. The maximum atomic E-state index is 12.5. The smallest absolute Gasteiger partial charge is 0.193 e. The lowest BCUT2D eigenvalue weighted by Crippen LogP contribution is -2.04. The van der Waals surface area contributed by atoms with E-state index in [1.54, 1.807) is 36.7 Å². The summed E-state index contributed by atoms with van der Waals surface area (Å²) in [5.74, 6) is 1.31. The molecule has 0 amide bonds. The molecule has 2 heterocycles. The Kier molecular flexibility index (Phi) is 3.37. The van der Waals surface area contributed by atoms with E-state index >= 15 is 0 Å². The van der Waals surface area contributed by atoms with Crippen molar-refractivity contribution in [1.29, 1.82) is 0 Å². The predicted octanol–water partition coefficient (Wildman–Crippen LogP) is 2.78. The molecule has 0 atom stereocenters. The van der Waals surface area contributed by atoms with Gasteiger partial charge in [0.15, 0.2) is 17.3 Å². The molecule has 0 aliphatic carbocycles. The van der Waals surface area contributed by atoms with Crippen molar-refractivity contribution >= 4 is 5.78 Å². The Labute approximate surface area is 117 Å². The van der Waals surface area contributed by atoms with E-state index in [0.29, 0.717) is 35.8 Å². The monoisotopic (exact) mass is 269 g/mol. The summed E-state index contributed by atoms with van der Waals surface area (Å²) in [6.45, 7) is 3.13. The molecule has 102 valence electrons. The second kappa shape index (κ2) is 5.33. The van der Waals surface area contributed by atoms with E-state index in [4.69, 9.17) is 9.47 Å². The SMILES string of the molecule is Cc1cnccc1C(=O)c1ccc2c(c1)OCCCO2. The number of fused-ring (bicyclic) bond motifs is 1. The number of aromatic nitrogens is 1. The Hall–Kier alpha value is -2.36. The number of nitrogens with zero attached hydrogens (tertiary/aromatic N) is 1. The molecule has 1 aliphatic rings. The fourth-order valence-corrected chi connectivity index (χ4v) is 2.19. The van der Waals surface area contributed by atoms with Gasteiger partial charge >= 0.3 is 0 Å². The van der Waals surface area contributed by atoms with Crippen molar-refractivity contribution in [2.24, 2.45) is 0 Å². The van der Waals surface area contributed by atoms with Crippen LogP contribution in [0.25, 0.3) is 0 Å². The molecule has 1 aromatic carbocycles. The highest BCUT2D eigenvalue weighted by Gasteiger charge is 2.16. The van der Waals surface area contributed by atoms with Gasteiger partial charge in [-0.3, -0.25) is 9.78 Å². The summed E-state index contributed by atoms with van der Waals surface area (Å²) in [5.41, 5.74) is 2.13. The minimum Gasteiger partial charge on any atom is -0.490 e.